The van der Waals surface area contributed by atoms with E-state index in [4.69, 9.17) is 11.6 Å². The second-order valence-corrected chi connectivity index (χ2v) is 3.57. The first kappa shape index (κ1) is 12.9. The number of benzene rings is 1. The molecule has 0 radical (unpaired) electrons. The summed E-state index contributed by atoms with van der Waals surface area (Å²) in [6.45, 7) is 1.01. The fraction of sp³-hybridized carbons (Fsp3) is 0.273. The molecule has 1 aromatic rings. The molecule has 1 aromatic carbocycles. The van der Waals surface area contributed by atoms with Crippen LogP contribution in [0.3, 0.4) is 0 Å². The van der Waals surface area contributed by atoms with Crippen LogP contribution in [0.4, 0.5) is 18.9 Å². The van der Waals surface area contributed by atoms with E-state index in [9.17, 15) is 13.2 Å². The molecule has 0 amide bonds. The van der Waals surface area contributed by atoms with E-state index in [-0.39, 0.29) is 0 Å². The molecule has 0 aliphatic carbocycles. The van der Waals surface area contributed by atoms with Gasteiger partial charge in [0.2, 0.25) is 0 Å². The summed E-state index contributed by atoms with van der Waals surface area (Å²) in [6, 6.07) is 6.87. The quantitative estimate of drug-likeness (QED) is 0.788. The van der Waals surface area contributed by atoms with E-state index >= 15 is 0 Å². The minimum absolute atomic E-state index is 0.387. The molecular weight excluding hydrogens is 239 g/mol. The van der Waals surface area contributed by atoms with Gasteiger partial charge in [-0.3, -0.25) is 0 Å². The van der Waals surface area contributed by atoms with Crippen molar-refractivity contribution < 1.29 is 13.2 Å². The van der Waals surface area contributed by atoms with Crippen molar-refractivity contribution in [1.82, 2.24) is 0 Å². The van der Waals surface area contributed by atoms with Gasteiger partial charge in [-0.15, -0.1) is 11.6 Å². The van der Waals surface area contributed by atoms with Gasteiger partial charge in [0.05, 0.1) is 0 Å². The normalized spacial score (nSPS) is 12.7. The van der Waals surface area contributed by atoms with Gasteiger partial charge in [0.15, 0.2) is 0 Å². The van der Waals surface area contributed by atoms with Crippen molar-refractivity contribution in [3.05, 3.63) is 41.6 Å². The summed E-state index contributed by atoms with van der Waals surface area (Å²) in [5.41, 5.74) is 0.843. The molecule has 0 spiro atoms. The van der Waals surface area contributed by atoms with Gasteiger partial charge in [0.1, 0.15) is 0 Å². The Bertz CT molecular complexity index is 368. The highest BCUT2D eigenvalue weighted by atomic mass is 35.5. The molecule has 0 aliphatic rings. The molecule has 16 heavy (non-hydrogen) atoms. The number of rotatable bonds is 3. The fourth-order valence-electron chi connectivity index (χ4n) is 0.963. The lowest BCUT2D eigenvalue weighted by atomic mass is 10.2. The van der Waals surface area contributed by atoms with Crippen molar-refractivity contribution in [3.63, 3.8) is 0 Å². The second-order valence-electron chi connectivity index (χ2n) is 3.30. The molecule has 0 fully saturated rings. The Hall–Kier alpha value is -1.16. The lowest BCUT2D eigenvalue weighted by Gasteiger charge is -2.07. The summed E-state index contributed by atoms with van der Waals surface area (Å²) in [7, 11) is 0. The predicted molar refractivity (Wildman–Crippen MR) is 59.4 cm³/mol. The van der Waals surface area contributed by atoms with Gasteiger partial charge in [-0.05, 0) is 24.6 Å². The second kappa shape index (κ2) is 5.25. The molecule has 0 aliphatic heterocycles. The van der Waals surface area contributed by atoms with Crippen LogP contribution in [0.5, 0.6) is 0 Å². The smallest absolute Gasteiger partial charge is 0.361 e. The highest BCUT2D eigenvalue weighted by Gasteiger charge is 2.29. The average molecular weight is 250 g/mol. The van der Waals surface area contributed by atoms with Gasteiger partial charge < -0.3 is 5.32 Å². The van der Waals surface area contributed by atoms with Gasteiger partial charge in [-0.2, -0.15) is 13.2 Å². The van der Waals surface area contributed by atoms with Crippen LogP contribution in [0.2, 0.25) is 0 Å². The summed E-state index contributed by atoms with van der Waals surface area (Å²) in [5, 5.41) is 2.58. The van der Waals surface area contributed by atoms with Crippen molar-refractivity contribution in [2.45, 2.75) is 19.0 Å². The number of hydrogen-bond donors (Lipinski definition) is 1. The zero-order valence-electron chi connectivity index (χ0n) is 8.61. The SMILES string of the molecule is C/C(=C\Nc1ccc(CCl)cc1)C(F)(F)F. The lowest BCUT2D eigenvalue weighted by Crippen LogP contribution is -2.10. The third kappa shape index (κ3) is 3.77. The Kier molecular flexibility index (Phi) is 4.24. The van der Waals surface area contributed by atoms with E-state index in [1.165, 1.54) is 0 Å². The first-order valence-corrected chi connectivity index (χ1v) is 5.12. The van der Waals surface area contributed by atoms with Crippen LogP contribution in [-0.2, 0) is 5.88 Å². The summed E-state index contributed by atoms with van der Waals surface area (Å²) in [4.78, 5) is 0. The third-order valence-electron chi connectivity index (χ3n) is 2.01. The Morgan fingerprint density at radius 2 is 1.88 bits per heavy atom. The largest absolute Gasteiger partial charge is 0.413 e. The van der Waals surface area contributed by atoms with E-state index in [1.54, 1.807) is 24.3 Å². The van der Waals surface area contributed by atoms with Crippen LogP contribution in [0, 0.1) is 0 Å². The van der Waals surface area contributed by atoms with E-state index in [2.05, 4.69) is 5.32 Å². The Labute approximate surface area is 96.9 Å². The number of halogens is 4. The fourth-order valence-corrected chi connectivity index (χ4v) is 1.14. The van der Waals surface area contributed by atoms with E-state index in [0.717, 1.165) is 18.7 Å². The van der Waals surface area contributed by atoms with Gasteiger partial charge in [-0.25, -0.2) is 0 Å². The van der Waals surface area contributed by atoms with E-state index < -0.39 is 11.7 Å². The van der Waals surface area contributed by atoms with Crippen LogP contribution in [0.15, 0.2) is 36.0 Å². The topological polar surface area (TPSA) is 12.0 Å². The molecular formula is C11H11ClF3N. The Morgan fingerprint density at radius 3 is 2.31 bits per heavy atom. The zero-order valence-corrected chi connectivity index (χ0v) is 9.36. The lowest BCUT2D eigenvalue weighted by molar-refractivity contribution is -0.0913. The van der Waals surface area contributed by atoms with E-state index in [1.807, 2.05) is 0 Å². The summed E-state index contributed by atoms with van der Waals surface area (Å²) >= 11 is 5.59. The number of allylic oxidation sites excluding steroid dienone is 1. The monoisotopic (exact) mass is 249 g/mol. The van der Waals surface area contributed by atoms with Crippen molar-refractivity contribution in [1.29, 1.82) is 0 Å². The Balaban J connectivity index is 2.67. The highest BCUT2D eigenvalue weighted by molar-refractivity contribution is 6.17. The Morgan fingerprint density at radius 1 is 1.31 bits per heavy atom. The summed E-state index contributed by atoms with van der Waals surface area (Å²) in [6.07, 6.45) is -3.35. The first-order valence-electron chi connectivity index (χ1n) is 4.59. The molecule has 1 rings (SSSR count). The summed E-state index contributed by atoms with van der Waals surface area (Å²) < 4.78 is 36.4. The van der Waals surface area contributed by atoms with Gasteiger partial charge >= 0.3 is 6.18 Å². The van der Waals surface area contributed by atoms with Crippen molar-refractivity contribution in [2.75, 3.05) is 5.32 Å². The van der Waals surface area contributed by atoms with Gasteiger partial charge in [0.25, 0.3) is 0 Å². The van der Waals surface area contributed by atoms with E-state index in [0.29, 0.717) is 11.6 Å². The van der Waals surface area contributed by atoms with Gasteiger partial charge in [0, 0.05) is 23.3 Å². The number of alkyl halides is 4. The van der Waals surface area contributed by atoms with Crippen LogP contribution >= 0.6 is 11.6 Å². The molecule has 0 bridgehead atoms. The molecule has 1 nitrogen and oxygen atoms in total. The maximum atomic E-state index is 12.1. The first-order chi connectivity index (χ1) is 7.43. The van der Waals surface area contributed by atoms with Crippen molar-refractivity contribution in [2.24, 2.45) is 0 Å². The molecule has 0 unspecified atom stereocenters. The van der Waals surface area contributed by atoms with Crippen molar-refractivity contribution in [3.8, 4) is 0 Å². The van der Waals surface area contributed by atoms with Crippen LogP contribution in [-0.4, -0.2) is 6.18 Å². The standard InChI is InChI=1S/C11H11ClF3N/c1-8(11(13,14)15)7-16-10-4-2-9(6-12)3-5-10/h2-5,7,16H,6H2,1H3/b8-7+. The maximum absolute atomic E-state index is 12.1. The molecule has 1 N–H and O–H groups in total. The number of nitrogens with one attached hydrogen (secondary N) is 1. The van der Waals surface area contributed by atoms with Crippen LogP contribution in [0.1, 0.15) is 12.5 Å². The van der Waals surface area contributed by atoms with Crippen LogP contribution in [0.25, 0.3) is 0 Å². The number of hydrogen-bond acceptors (Lipinski definition) is 1. The minimum atomic E-state index is -4.29. The molecule has 0 atom stereocenters. The number of anilines is 1. The third-order valence-corrected chi connectivity index (χ3v) is 2.32. The molecule has 0 aromatic heterocycles. The van der Waals surface area contributed by atoms with Gasteiger partial charge in [-0.1, -0.05) is 12.1 Å². The zero-order chi connectivity index (χ0) is 12.2. The average Bonchev–Trinajstić information content (AvgIpc) is 2.25. The molecule has 5 heteroatoms. The molecule has 88 valence electrons. The predicted octanol–water partition coefficient (Wildman–Crippen LogP) is 4.30. The maximum Gasteiger partial charge on any atom is 0.413 e. The summed E-state index contributed by atoms with van der Waals surface area (Å²) in [5.74, 6) is 0.387. The van der Waals surface area contributed by atoms with Crippen LogP contribution < -0.4 is 5.32 Å². The molecule has 0 saturated carbocycles. The van der Waals surface area contributed by atoms with Crippen molar-refractivity contribution >= 4 is 17.3 Å². The minimum Gasteiger partial charge on any atom is -0.361 e. The molecule has 0 saturated heterocycles. The molecule has 0 heterocycles. The highest BCUT2D eigenvalue weighted by Crippen LogP contribution is 2.24.